The van der Waals surface area contributed by atoms with Crippen LogP contribution in [0.25, 0.3) is 0 Å². The van der Waals surface area contributed by atoms with E-state index in [1.807, 2.05) is 32.0 Å². The lowest BCUT2D eigenvalue weighted by Gasteiger charge is -2.02. The zero-order chi connectivity index (χ0) is 11.5. The first-order chi connectivity index (χ1) is 7.63. The highest BCUT2D eigenvalue weighted by atomic mass is 35.5. The Morgan fingerprint density at radius 2 is 1.75 bits per heavy atom. The lowest BCUT2D eigenvalue weighted by Crippen LogP contribution is -1.93. The lowest BCUT2D eigenvalue weighted by molar-refractivity contribution is 0.899. The average molecular weight is 252 g/mol. The molecular formula is C11H10ClN3S. The van der Waals surface area contributed by atoms with Crippen LogP contribution in [0.15, 0.2) is 34.4 Å². The standard InChI is InChI=1S/C11H10ClN3S/c1-7-6-8(2)14-11(13-7)16-10-5-3-4-9(12)15-10/h3-6H,1-2H3. The van der Waals surface area contributed by atoms with Gasteiger partial charge < -0.3 is 0 Å². The maximum atomic E-state index is 5.81. The van der Waals surface area contributed by atoms with Crippen molar-refractivity contribution in [3.8, 4) is 0 Å². The summed E-state index contributed by atoms with van der Waals surface area (Å²) in [6, 6.07) is 7.43. The zero-order valence-electron chi connectivity index (χ0n) is 8.94. The van der Waals surface area contributed by atoms with Crippen molar-refractivity contribution >= 4 is 23.4 Å². The van der Waals surface area contributed by atoms with Gasteiger partial charge in [0, 0.05) is 11.4 Å². The van der Waals surface area contributed by atoms with Gasteiger partial charge in [-0.25, -0.2) is 15.0 Å². The van der Waals surface area contributed by atoms with E-state index in [-0.39, 0.29) is 0 Å². The SMILES string of the molecule is Cc1cc(C)nc(Sc2cccc(Cl)n2)n1. The maximum absolute atomic E-state index is 5.81. The molecule has 0 saturated heterocycles. The Bertz CT molecular complexity index is 496. The quantitative estimate of drug-likeness (QED) is 0.606. The van der Waals surface area contributed by atoms with E-state index in [9.17, 15) is 0 Å². The van der Waals surface area contributed by atoms with Gasteiger partial charge in [-0.2, -0.15) is 0 Å². The van der Waals surface area contributed by atoms with Crippen LogP contribution < -0.4 is 0 Å². The molecule has 0 amide bonds. The Morgan fingerprint density at radius 3 is 2.38 bits per heavy atom. The van der Waals surface area contributed by atoms with Crippen LogP contribution in [0.3, 0.4) is 0 Å². The lowest BCUT2D eigenvalue weighted by atomic mass is 10.4. The van der Waals surface area contributed by atoms with E-state index in [1.54, 1.807) is 6.07 Å². The molecule has 0 fully saturated rings. The second kappa shape index (κ2) is 4.80. The molecule has 0 atom stereocenters. The molecule has 0 N–H and O–H groups in total. The predicted octanol–water partition coefficient (Wildman–Crippen LogP) is 3.29. The molecule has 0 unspecified atom stereocenters. The highest BCUT2D eigenvalue weighted by molar-refractivity contribution is 7.99. The number of halogens is 1. The van der Waals surface area contributed by atoms with Crippen LogP contribution in [-0.2, 0) is 0 Å². The van der Waals surface area contributed by atoms with E-state index in [0.717, 1.165) is 16.4 Å². The van der Waals surface area contributed by atoms with Gasteiger partial charge >= 0.3 is 0 Å². The van der Waals surface area contributed by atoms with E-state index in [1.165, 1.54) is 11.8 Å². The normalized spacial score (nSPS) is 10.4. The molecule has 2 aromatic rings. The Labute approximate surface area is 103 Å². The van der Waals surface area contributed by atoms with Gasteiger partial charge in [0.1, 0.15) is 10.2 Å². The largest absolute Gasteiger partial charge is 0.229 e. The summed E-state index contributed by atoms with van der Waals surface area (Å²) >= 11 is 7.22. The first kappa shape index (κ1) is 11.4. The molecule has 2 heterocycles. The number of aromatic nitrogens is 3. The second-order valence-electron chi connectivity index (χ2n) is 3.33. The number of pyridine rings is 1. The molecule has 0 spiro atoms. The highest BCUT2D eigenvalue weighted by Crippen LogP contribution is 2.24. The molecule has 2 aromatic heterocycles. The van der Waals surface area contributed by atoms with Crippen LogP contribution in [0, 0.1) is 13.8 Å². The molecule has 82 valence electrons. The molecule has 16 heavy (non-hydrogen) atoms. The number of hydrogen-bond donors (Lipinski definition) is 0. The van der Waals surface area contributed by atoms with E-state index in [4.69, 9.17) is 11.6 Å². The Balaban J connectivity index is 2.27. The van der Waals surface area contributed by atoms with Gasteiger partial charge in [-0.1, -0.05) is 17.7 Å². The van der Waals surface area contributed by atoms with Crippen molar-refractivity contribution in [2.24, 2.45) is 0 Å². The van der Waals surface area contributed by atoms with E-state index < -0.39 is 0 Å². The molecule has 0 radical (unpaired) electrons. The number of aryl methyl sites for hydroxylation is 2. The molecule has 0 saturated carbocycles. The summed E-state index contributed by atoms with van der Waals surface area (Å²) in [6.07, 6.45) is 0. The Kier molecular flexibility index (Phi) is 3.41. The topological polar surface area (TPSA) is 38.7 Å². The molecule has 3 nitrogen and oxygen atoms in total. The van der Waals surface area contributed by atoms with E-state index in [0.29, 0.717) is 10.3 Å². The minimum absolute atomic E-state index is 0.481. The Morgan fingerprint density at radius 1 is 1.06 bits per heavy atom. The first-order valence-electron chi connectivity index (χ1n) is 4.76. The number of rotatable bonds is 2. The highest BCUT2D eigenvalue weighted by Gasteiger charge is 2.03. The molecule has 2 rings (SSSR count). The summed E-state index contributed by atoms with van der Waals surface area (Å²) < 4.78 is 0. The smallest absolute Gasteiger partial charge is 0.194 e. The van der Waals surface area contributed by atoms with E-state index in [2.05, 4.69) is 15.0 Å². The van der Waals surface area contributed by atoms with Gasteiger partial charge in [-0.15, -0.1) is 0 Å². The van der Waals surface area contributed by atoms with Crippen LogP contribution in [-0.4, -0.2) is 15.0 Å². The van der Waals surface area contributed by atoms with Gasteiger partial charge in [0.25, 0.3) is 0 Å². The van der Waals surface area contributed by atoms with Crippen LogP contribution >= 0.6 is 23.4 Å². The fraction of sp³-hybridized carbons (Fsp3) is 0.182. The third-order valence-electron chi connectivity index (χ3n) is 1.85. The van der Waals surface area contributed by atoms with Crippen LogP contribution in [0.2, 0.25) is 5.15 Å². The third kappa shape index (κ3) is 2.93. The van der Waals surface area contributed by atoms with E-state index >= 15 is 0 Å². The summed E-state index contributed by atoms with van der Waals surface area (Å²) in [5, 5.41) is 1.99. The minimum atomic E-state index is 0.481. The van der Waals surface area contributed by atoms with Gasteiger partial charge in [0.05, 0.1) is 0 Å². The molecular weight excluding hydrogens is 242 g/mol. The monoisotopic (exact) mass is 251 g/mol. The molecule has 5 heteroatoms. The maximum Gasteiger partial charge on any atom is 0.194 e. The van der Waals surface area contributed by atoms with Crippen molar-refractivity contribution in [2.45, 2.75) is 24.0 Å². The van der Waals surface area contributed by atoms with Gasteiger partial charge in [0.2, 0.25) is 0 Å². The summed E-state index contributed by atoms with van der Waals surface area (Å²) in [6.45, 7) is 3.90. The number of hydrogen-bond acceptors (Lipinski definition) is 4. The van der Waals surface area contributed by atoms with Crippen molar-refractivity contribution in [2.75, 3.05) is 0 Å². The minimum Gasteiger partial charge on any atom is -0.229 e. The van der Waals surface area contributed by atoms with Crippen molar-refractivity contribution in [3.05, 3.63) is 40.8 Å². The zero-order valence-corrected chi connectivity index (χ0v) is 10.5. The number of nitrogens with zero attached hydrogens (tertiary/aromatic N) is 3. The second-order valence-corrected chi connectivity index (χ2v) is 4.71. The summed E-state index contributed by atoms with van der Waals surface area (Å²) in [7, 11) is 0. The van der Waals surface area contributed by atoms with Crippen molar-refractivity contribution < 1.29 is 0 Å². The van der Waals surface area contributed by atoms with Crippen LogP contribution in [0.1, 0.15) is 11.4 Å². The molecule has 0 bridgehead atoms. The van der Waals surface area contributed by atoms with Gasteiger partial charge in [-0.05, 0) is 43.8 Å². The van der Waals surface area contributed by atoms with Crippen LogP contribution in [0.4, 0.5) is 0 Å². The summed E-state index contributed by atoms with van der Waals surface area (Å²) in [5.74, 6) is 0. The molecule has 0 aromatic carbocycles. The average Bonchev–Trinajstić information content (AvgIpc) is 2.15. The summed E-state index contributed by atoms with van der Waals surface area (Å²) in [4.78, 5) is 12.8. The predicted molar refractivity (Wildman–Crippen MR) is 64.9 cm³/mol. The van der Waals surface area contributed by atoms with Crippen molar-refractivity contribution in [1.29, 1.82) is 0 Å². The molecule has 0 aliphatic carbocycles. The van der Waals surface area contributed by atoms with Crippen LogP contribution in [0.5, 0.6) is 0 Å². The van der Waals surface area contributed by atoms with Crippen molar-refractivity contribution in [3.63, 3.8) is 0 Å². The fourth-order valence-electron chi connectivity index (χ4n) is 1.28. The summed E-state index contributed by atoms with van der Waals surface area (Å²) in [5.41, 5.74) is 1.91. The van der Waals surface area contributed by atoms with Gasteiger partial charge in [-0.3, -0.25) is 0 Å². The van der Waals surface area contributed by atoms with Gasteiger partial charge in [0.15, 0.2) is 5.16 Å². The van der Waals surface area contributed by atoms with Crippen molar-refractivity contribution in [1.82, 2.24) is 15.0 Å². The Hall–Kier alpha value is -1.13. The first-order valence-corrected chi connectivity index (χ1v) is 5.95. The molecule has 0 aliphatic rings. The molecule has 0 aliphatic heterocycles. The third-order valence-corrected chi connectivity index (χ3v) is 2.86. The fourth-order valence-corrected chi connectivity index (χ4v) is 2.35.